The molecule has 1 saturated heterocycles. The fourth-order valence-electron chi connectivity index (χ4n) is 1.60. The molecule has 0 bridgehead atoms. The Labute approximate surface area is 102 Å². The summed E-state index contributed by atoms with van der Waals surface area (Å²) in [6, 6.07) is 0. The van der Waals surface area contributed by atoms with Gasteiger partial charge >= 0.3 is 7.60 Å². The standard InChI is InChI=1S/C10H20ClO4P/c1-5-8(4)9-10(11,15-9)16(12,13-6-2)14-7-3/h8-9H,5-7H2,1-4H3/t8?,9-,10+/m0/s1. The second-order valence-electron chi connectivity index (χ2n) is 3.87. The maximum absolute atomic E-state index is 12.4. The van der Waals surface area contributed by atoms with Crippen molar-refractivity contribution >= 4 is 19.2 Å². The molecule has 4 nitrogen and oxygen atoms in total. The van der Waals surface area contributed by atoms with E-state index >= 15 is 0 Å². The fraction of sp³-hybridized carbons (Fsp3) is 1.00. The highest BCUT2D eigenvalue weighted by Crippen LogP contribution is 2.73. The van der Waals surface area contributed by atoms with E-state index in [0.717, 1.165) is 6.42 Å². The molecule has 16 heavy (non-hydrogen) atoms. The topological polar surface area (TPSA) is 48.1 Å². The lowest BCUT2D eigenvalue weighted by molar-refractivity contribution is 0.202. The average Bonchev–Trinajstić information content (AvgIpc) is 2.92. The lowest BCUT2D eigenvalue weighted by atomic mass is 10.1. The third kappa shape index (κ3) is 2.46. The highest BCUT2D eigenvalue weighted by molar-refractivity contribution is 7.58. The van der Waals surface area contributed by atoms with Crippen LogP contribution < -0.4 is 0 Å². The van der Waals surface area contributed by atoms with E-state index in [2.05, 4.69) is 0 Å². The van der Waals surface area contributed by atoms with Gasteiger partial charge in [-0.1, -0.05) is 31.9 Å². The Kier molecular flexibility index (Phi) is 4.85. The van der Waals surface area contributed by atoms with Crippen molar-refractivity contribution in [3.63, 3.8) is 0 Å². The van der Waals surface area contributed by atoms with Crippen LogP contribution in [0.5, 0.6) is 0 Å². The molecule has 1 aliphatic heterocycles. The highest BCUT2D eigenvalue weighted by atomic mass is 35.5. The summed E-state index contributed by atoms with van der Waals surface area (Å²) in [5.41, 5.74) is 0. The lowest BCUT2D eigenvalue weighted by Gasteiger charge is -2.20. The number of hydrogen-bond acceptors (Lipinski definition) is 4. The summed E-state index contributed by atoms with van der Waals surface area (Å²) in [5.74, 6) is 0.242. The van der Waals surface area contributed by atoms with Crippen molar-refractivity contribution in [1.82, 2.24) is 0 Å². The van der Waals surface area contributed by atoms with Crippen molar-refractivity contribution in [2.24, 2.45) is 5.92 Å². The Bertz CT molecular complexity index is 276. The van der Waals surface area contributed by atoms with Gasteiger partial charge in [-0.25, -0.2) is 0 Å². The molecule has 96 valence electrons. The molecule has 0 aromatic rings. The molecule has 0 amide bonds. The first-order chi connectivity index (χ1) is 7.45. The van der Waals surface area contributed by atoms with Crippen molar-refractivity contribution in [2.75, 3.05) is 13.2 Å². The zero-order chi connectivity index (χ0) is 12.4. The van der Waals surface area contributed by atoms with Crippen LogP contribution in [0.25, 0.3) is 0 Å². The van der Waals surface area contributed by atoms with Gasteiger partial charge in [-0.15, -0.1) is 0 Å². The number of hydrogen-bond donors (Lipinski definition) is 0. The molecule has 0 spiro atoms. The molecule has 1 fully saturated rings. The second kappa shape index (κ2) is 5.36. The van der Waals surface area contributed by atoms with E-state index in [4.69, 9.17) is 25.4 Å². The third-order valence-electron chi connectivity index (χ3n) is 2.72. The van der Waals surface area contributed by atoms with E-state index in [1.54, 1.807) is 13.8 Å². The average molecular weight is 271 g/mol. The van der Waals surface area contributed by atoms with Crippen LogP contribution in [0.4, 0.5) is 0 Å². The number of alkyl halides is 1. The molecule has 0 aromatic carbocycles. The van der Waals surface area contributed by atoms with Gasteiger partial charge in [0.15, 0.2) is 0 Å². The zero-order valence-electron chi connectivity index (χ0n) is 10.2. The van der Waals surface area contributed by atoms with Crippen molar-refractivity contribution in [2.45, 2.75) is 45.0 Å². The normalized spacial score (nSPS) is 31.4. The van der Waals surface area contributed by atoms with Gasteiger partial charge in [-0.2, -0.15) is 0 Å². The molecular formula is C10H20ClO4P. The van der Waals surface area contributed by atoms with Gasteiger partial charge in [0.2, 0.25) is 0 Å². The summed E-state index contributed by atoms with van der Waals surface area (Å²) < 4.78 is 28.2. The summed E-state index contributed by atoms with van der Waals surface area (Å²) in [5, 5.41) is 0. The van der Waals surface area contributed by atoms with Crippen molar-refractivity contribution in [3.05, 3.63) is 0 Å². The Hall–Kier alpha value is 0.400. The molecule has 3 atom stereocenters. The molecule has 0 aromatic heterocycles. The molecular weight excluding hydrogens is 251 g/mol. The van der Waals surface area contributed by atoms with Gasteiger partial charge in [0.05, 0.1) is 13.2 Å². The monoisotopic (exact) mass is 270 g/mol. The quantitative estimate of drug-likeness (QED) is 0.403. The molecule has 1 unspecified atom stereocenters. The van der Waals surface area contributed by atoms with Crippen molar-refractivity contribution in [3.8, 4) is 0 Å². The van der Waals surface area contributed by atoms with Crippen molar-refractivity contribution < 1.29 is 18.3 Å². The summed E-state index contributed by atoms with van der Waals surface area (Å²) >= 11 is 6.21. The van der Waals surface area contributed by atoms with Gasteiger partial charge in [0.25, 0.3) is 4.80 Å². The maximum Gasteiger partial charge on any atom is 0.380 e. The number of rotatable bonds is 7. The Balaban J connectivity index is 2.78. The number of ether oxygens (including phenoxy) is 1. The minimum atomic E-state index is -3.37. The second-order valence-corrected chi connectivity index (χ2v) is 6.87. The molecule has 1 aliphatic rings. The van der Waals surface area contributed by atoms with Gasteiger partial charge in [0.1, 0.15) is 6.10 Å². The van der Waals surface area contributed by atoms with Gasteiger partial charge < -0.3 is 13.8 Å². The van der Waals surface area contributed by atoms with E-state index in [0.29, 0.717) is 13.2 Å². The van der Waals surface area contributed by atoms with Crippen LogP contribution in [0.1, 0.15) is 34.1 Å². The third-order valence-corrected chi connectivity index (χ3v) is 5.95. The van der Waals surface area contributed by atoms with Crippen LogP contribution in [-0.2, 0) is 18.3 Å². The van der Waals surface area contributed by atoms with Crippen LogP contribution in [0.3, 0.4) is 0 Å². The van der Waals surface area contributed by atoms with Crippen LogP contribution in [0.15, 0.2) is 0 Å². The molecule has 0 saturated carbocycles. The zero-order valence-corrected chi connectivity index (χ0v) is 11.9. The smallest absolute Gasteiger partial charge is 0.338 e. The van der Waals surface area contributed by atoms with Gasteiger partial charge in [0, 0.05) is 0 Å². The summed E-state index contributed by atoms with van der Waals surface area (Å²) in [7, 11) is -3.37. The maximum atomic E-state index is 12.4. The summed E-state index contributed by atoms with van der Waals surface area (Å²) in [6.45, 7) is 8.15. The van der Waals surface area contributed by atoms with Crippen LogP contribution >= 0.6 is 19.2 Å². The fourth-order valence-corrected chi connectivity index (χ4v) is 4.12. The van der Waals surface area contributed by atoms with Crippen LogP contribution in [0.2, 0.25) is 0 Å². The molecule has 1 rings (SSSR count). The minimum absolute atomic E-state index is 0.242. The molecule has 0 radical (unpaired) electrons. The first-order valence-corrected chi connectivity index (χ1v) is 7.63. The van der Waals surface area contributed by atoms with E-state index in [1.165, 1.54) is 0 Å². The van der Waals surface area contributed by atoms with E-state index in [9.17, 15) is 4.57 Å². The number of halogens is 1. The van der Waals surface area contributed by atoms with E-state index < -0.39 is 12.4 Å². The summed E-state index contributed by atoms with van der Waals surface area (Å²) in [4.78, 5) is -1.27. The SMILES string of the molecule is CCOP(=O)(OCC)[C@]1(Cl)O[C@H]1C(C)CC. The largest absolute Gasteiger partial charge is 0.380 e. The Morgan fingerprint density at radius 1 is 1.38 bits per heavy atom. The Morgan fingerprint density at radius 2 is 1.88 bits per heavy atom. The minimum Gasteiger partial charge on any atom is -0.338 e. The predicted octanol–water partition coefficient (Wildman–Crippen LogP) is 3.59. The molecule has 6 heteroatoms. The Morgan fingerprint density at radius 3 is 2.25 bits per heavy atom. The predicted molar refractivity (Wildman–Crippen MR) is 63.8 cm³/mol. The van der Waals surface area contributed by atoms with Gasteiger partial charge in [-0.3, -0.25) is 4.57 Å². The molecule has 0 N–H and O–H groups in total. The first kappa shape index (κ1) is 14.5. The molecule has 1 heterocycles. The van der Waals surface area contributed by atoms with Crippen LogP contribution in [-0.4, -0.2) is 24.1 Å². The summed E-state index contributed by atoms with van der Waals surface area (Å²) in [6.07, 6.45) is 0.667. The van der Waals surface area contributed by atoms with Gasteiger partial charge in [-0.05, 0) is 19.8 Å². The highest BCUT2D eigenvalue weighted by Gasteiger charge is 2.71. The lowest BCUT2D eigenvalue weighted by Crippen LogP contribution is -2.17. The first-order valence-electron chi connectivity index (χ1n) is 5.71. The van der Waals surface area contributed by atoms with E-state index in [-0.39, 0.29) is 12.0 Å². The molecule has 0 aliphatic carbocycles. The van der Waals surface area contributed by atoms with E-state index in [1.807, 2.05) is 13.8 Å². The van der Waals surface area contributed by atoms with Crippen LogP contribution in [0, 0.1) is 5.92 Å². The number of epoxide rings is 1. The van der Waals surface area contributed by atoms with Crippen molar-refractivity contribution in [1.29, 1.82) is 0 Å².